The Kier molecular flexibility index (Phi) is 35.6. The van der Waals surface area contributed by atoms with Crippen LogP contribution in [0.25, 0.3) is 0 Å². The van der Waals surface area contributed by atoms with Gasteiger partial charge in [0.15, 0.2) is 6.10 Å². The molecule has 0 aliphatic heterocycles. The standard InChI is InChI=1S/C45H86O6/c1-7-40(5)32-26-20-13-11-9-10-12-14-24-30-36-45(48)51-42(37-49-43(46)34-28-22-17-15-19-25-31-39(3)4)38-50-44(47)35-29-23-18-16-21-27-33-41(6)8-2/h39-42H,7-38H2,1-6H3/t40?,41?,42-/m0/s1. The molecule has 0 aliphatic carbocycles. The van der Waals surface area contributed by atoms with Gasteiger partial charge in [0.2, 0.25) is 0 Å². The molecule has 0 heterocycles. The highest BCUT2D eigenvalue weighted by Crippen LogP contribution is 2.17. The third kappa shape index (κ3) is 36.6. The monoisotopic (exact) mass is 723 g/mol. The van der Waals surface area contributed by atoms with Crippen molar-refractivity contribution in [2.75, 3.05) is 13.2 Å². The molecule has 2 unspecified atom stereocenters. The van der Waals surface area contributed by atoms with Crippen LogP contribution in [0.2, 0.25) is 0 Å². The lowest BCUT2D eigenvalue weighted by atomic mass is 9.99. The molecule has 0 aromatic carbocycles. The van der Waals surface area contributed by atoms with Gasteiger partial charge in [-0.3, -0.25) is 14.4 Å². The van der Waals surface area contributed by atoms with Crippen molar-refractivity contribution in [3.63, 3.8) is 0 Å². The van der Waals surface area contributed by atoms with Gasteiger partial charge in [0, 0.05) is 19.3 Å². The molecule has 0 rings (SSSR count). The van der Waals surface area contributed by atoms with Crippen molar-refractivity contribution in [2.24, 2.45) is 17.8 Å². The van der Waals surface area contributed by atoms with Crippen molar-refractivity contribution < 1.29 is 28.6 Å². The Morgan fingerprint density at radius 2 is 0.686 bits per heavy atom. The zero-order chi connectivity index (χ0) is 37.8. The maximum absolute atomic E-state index is 12.7. The highest BCUT2D eigenvalue weighted by Gasteiger charge is 2.19. The molecule has 0 bridgehead atoms. The Morgan fingerprint density at radius 1 is 0.392 bits per heavy atom. The summed E-state index contributed by atoms with van der Waals surface area (Å²) in [5, 5.41) is 0. The fourth-order valence-corrected chi connectivity index (χ4v) is 6.46. The molecule has 302 valence electrons. The van der Waals surface area contributed by atoms with Crippen LogP contribution in [-0.2, 0) is 28.6 Å². The van der Waals surface area contributed by atoms with Crippen LogP contribution >= 0.6 is 0 Å². The van der Waals surface area contributed by atoms with Crippen LogP contribution in [0.5, 0.6) is 0 Å². The Labute approximate surface area is 317 Å². The molecule has 3 atom stereocenters. The average molecular weight is 723 g/mol. The van der Waals surface area contributed by atoms with Crippen molar-refractivity contribution in [2.45, 2.75) is 240 Å². The number of rotatable bonds is 38. The molecule has 51 heavy (non-hydrogen) atoms. The molecular weight excluding hydrogens is 636 g/mol. The highest BCUT2D eigenvalue weighted by molar-refractivity contribution is 5.71. The lowest BCUT2D eigenvalue weighted by Gasteiger charge is -2.18. The molecule has 0 radical (unpaired) electrons. The SMILES string of the molecule is CCC(C)CCCCCCCCCCCCC(=O)O[C@@H](COC(=O)CCCCCCCCC(C)C)COC(=O)CCCCCCCCC(C)CC. The molecule has 0 amide bonds. The number of ether oxygens (including phenoxy) is 3. The number of hydrogen-bond donors (Lipinski definition) is 0. The summed E-state index contributed by atoms with van der Waals surface area (Å²) >= 11 is 0. The summed E-state index contributed by atoms with van der Waals surface area (Å²) in [6.07, 6.45) is 32.4. The summed E-state index contributed by atoms with van der Waals surface area (Å²) in [7, 11) is 0. The summed E-state index contributed by atoms with van der Waals surface area (Å²) in [5.74, 6) is 1.57. The van der Waals surface area contributed by atoms with E-state index in [4.69, 9.17) is 14.2 Å². The molecule has 0 aliphatic rings. The number of hydrogen-bond acceptors (Lipinski definition) is 6. The Morgan fingerprint density at radius 3 is 1.02 bits per heavy atom. The maximum Gasteiger partial charge on any atom is 0.306 e. The zero-order valence-electron chi connectivity index (χ0n) is 34.9. The lowest BCUT2D eigenvalue weighted by molar-refractivity contribution is -0.167. The molecule has 0 saturated carbocycles. The van der Waals surface area contributed by atoms with E-state index in [9.17, 15) is 14.4 Å². The fraction of sp³-hybridized carbons (Fsp3) is 0.933. The lowest BCUT2D eigenvalue weighted by Crippen LogP contribution is -2.30. The van der Waals surface area contributed by atoms with Crippen LogP contribution in [0.1, 0.15) is 234 Å². The number of esters is 3. The highest BCUT2D eigenvalue weighted by atomic mass is 16.6. The molecule has 6 heteroatoms. The molecule has 0 saturated heterocycles. The Hall–Kier alpha value is -1.59. The first kappa shape index (κ1) is 49.4. The van der Waals surface area contributed by atoms with Crippen LogP contribution in [0, 0.1) is 17.8 Å². The van der Waals surface area contributed by atoms with E-state index in [2.05, 4.69) is 41.5 Å². The predicted molar refractivity (Wildman–Crippen MR) is 215 cm³/mol. The van der Waals surface area contributed by atoms with Crippen LogP contribution in [0.15, 0.2) is 0 Å². The quantitative estimate of drug-likeness (QED) is 0.0359. The van der Waals surface area contributed by atoms with E-state index in [1.165, 1.54) is 116 Å². The minimum Gasteiger partial charge on any atom is -0.462 e. The molecule has 0 aromatic heterocycles. The zero-order valence-corrected chi connectivity index (χ0v) is 34.9. The van der Waals surface area contributed by atoms with Crippen LogP contribution in [-0.4, -0.2) is 37.2 Å². The van der Waals surface area contributed by atoms with Crippen molar-refractivity contribution in [3.8, 4) is 0 Å². The first-order chi connectivity index (χ1) is 24.7. The van der Waals surface area contributed by atoms with Crippen molar-refractivity contribution in [1.29, 1.82) is 0 Å². The first-order valence-corrected chi connectivity index (χ1v) is 22.2. The van der Waals surface area contributed by atoms with E-state index >= 15 is 0 Å². The topological polar surface area (TPSA) is 78.9 Å². The van der Waals surface area contributed by atoms with Gasteiger partial charge >= 0.3 is 17.9 Å². The Bertz CT molecular complexity index is 796. The van der Waals surface area contributed by atoms with Gasteiger partial charge in [-0.05, 0) is 37.0 Å². The second-order valence-corrected chi connectivity index (χ2v) is 16.3. The van der Waals surface area contributed by atoms with Crippen LogP contribution in [0.4, 0.5) is 0 Å². The van der Waals surface area contributed by atoms with E-state index in [-0.39, 0.29) is 31.1 Å². The Balaban J connectivity index is 4.36. The second kappa shape index (κ2) is 36.8. The van der Waals surface area contributed by atoms with Gasteiger partial charge in [-0.25, -0.2) is 0 Å². The molecule has 0 fully saturated rings. The third-order valence-electron chi connectivity index (χ3n) is 10.6. The number of carbonyl (C=O) groups is 3. The first-order valence-electron chi connectivity index (χ1n) is 22.2. The van der Waals surface area contributed by atoms with Gasteiger partial charge < -0.3 is 14.2 Å². The van der Waals surface area contributed by atoms with E-state index in [1.54, 1.807) is 0 Å². The molecule has 0 aromatic rings. The smallest absolute Gasteiger partial charge is 0.306 e. The molecule has 0 spiro atoms. The van der Waals surface area contributed by atoms with Gasteiger partial charge in [-0.2, -0.15) is 0 Å². The predicted octanol–water partition coefficient (Wildman–Crippen LogP) is 13.7. The van der Waals surface area contributed by atoms with Crippen molar-refractivity contribution in [1.82, 2.24) is 0 Å². The van der Waals surface area contributed by atoms with Gasteiger partial charge in [-0.1, -0.05) is 196 Å². The van der Waals surface area contributed by atoms with Crippen LogP contribution < -0.4 is 0 Å². The van der Waals surface area contributed by atoms with E-state index < -0.39 is 6.10 Å². The largest absolute Gasteiger partial charge is 0.462 e. The summed E-state index contributed by atoms with van der Waals surface area (Å²) in [5.41, 5.74) is 0. The third-order valence-corrected chi connectivity index (χ3v) is 10.6. The summed E-state index contributed by atoms with van der Waals surface area (Å²) < 4.78 is 16.7. The second-order valence-electron chi connectivity index (χ2n) is 16.3. The maximum atomic E-state index is 12.7. The summed E-state index contributed by atoms with van der Waals surface area (Å²) in [6.45, 7) is 13.6. The van der Waals surface area contributed by atoms with Crippen molar-refractivity contribution in [3.05, 3.63) is 0 Å². The van der Waals surface area contributed by atoms with Gasteiger partial charge in [0.05, 0.1) is 0 Å². The normalized spacial score (nSPS) is 13.2. The average Bonchev–Trinajstić information content (AvgIpc) is 3.11. The number of carbonyl (C=O) groups excluding carboxylic acids is 3. The van der Waals surface area contributed by atoms with Gasteiger partial charge in [-0.15, -0.1) is 0 Å². The van der Waals surface area contributed by atoms with Crippen LogP contribution in [0.3, 0.4) is 0 Å². The molecule has 0 N–H and O–H groups in total. The summed E-state index contributed by atoms with van der Waals surface area (Å²) in [4.78, 5) is 37.6. The molecule has 6 nitrogen and oxygen atoms in total. The van der Waals surface area contributed by atoms with Gasteiger partial charge in [0.1, 0.15) is 13.2 Å². The molecular formula is C45H86O6. The van der Waals surface area contributed by atoms with Crippen molar-refractivity contribution >= 4 is 17.9 Å². The van der Waals surface area contributed by atoms with E-state index in [0.717, 1.165) is 75.5 Å². The summed E-state index contributed by atoms with van der Waals surface area (Å²) in [6, 6.07) is 0. The minimum atomic E-state index is -0.762. The number of unbranched alkanes of at least 4 members (excludes halogenated alkanes) is 19. The minimum absolute atomic E-state index is 0.0680. The van der Waals surface area contributed by atoms with E-state index in [1.807, 2.05) is 0 Å². The van der Waals surface area contributed by atoms with Gasteiger partial charge in [0.25, 0.3) is 0 Å². The van der Waals surface area contributed by atoms with E-state index in [0.29, 0.717) is 19.3 Å². The fourth-order valence-electron chi connectivity index (χ4n) is 6.46.